The standard InChI is InChI=1S/C23H19F3N2O4/c24-23(25,26)15-6-10-17(11-7-15)32-20-3-1-2-18(21(20)27)19(30)12-13-28-22(31)14-4-8-16(29)9-5-14/h1-11,29H,12-13,27H2,(H,28,31). The van der Waals surface area contributed by atoms with Crippen LogP contribution in [0.5, 0.6) is 17.2 Å². The fourth-order valence-electron chi connectivity index (χ4n) is 2.85. The largest absolute Gasteiger partial charge is 0.508 e. The second-order valence-electron chi connectivity index (χ2n) is 6.82. The lowest BCUT2D eigenvalue weighted by atomic mass is 10.1. The average molecular weight is 444 g/mol. The number of carbonyl (C=O) groups is 2. The van der Waals surface area contributed by atoms with Crippen LogP contribution in [-0.2, 0) is 6.18 Å². The molecule has 0 unspecified atom stereocenters. The van der Waals surface area contributed by atoms with Crippen LogP contribution in [0.4, 0.5) is 18.9 Å². The number of ether oxygens (including phenoxy) is 1. The molecule has 1 amide bonds. The van der Waals surface area contributed by atoms with Gasteiger partial charge in [-0.3, -0.25) is 9.59 Å². The Morgan fingerprint density at radius 1 is 0.969 bits per heavy atom. The molecule has 0 atom stereocenters. The SMILES string of the molecule is Nc1c(Oc2ccc(C(F)(F)F)cc2)cccc1C(=O)CCNC(=O)c1ccc(O)cc1. The van der Waals surface area contributed by atoms with Crippen molar-refractivity contribution in [1.82, 2.24) is 5.32 Å². The number of carbonyl (C=O) groups excluding carboxylic acids is 2. The molecular weight excluding hydrogens is 425 g/mol. The first-order valence-corrected chi connectivity index (χ1v) is 9.49. The maximum Gasteiger partial charge on any atom is 0.416 e. The summed E-state index contributed by atoms with van der Waals surface area (Å²) >= 11 is 0. The first-order valence-electron chi connectivity index (χ1n) is 9.49. The van der Waals surface area contributed by atoms with Crippen LogP contribution in [0.3, 0.4) is 0 Å². The number of amides is 1. The van der Waals surface area contributed by atoms with E-state index in [4.69, 9.17) is 10.5 Å². The number of hydrogen-bond acceptors (Lipinski definition) is 5. The van der Waals surface area contributed by atoms with Crippen LogP contribution in [0.15, 0.2) is 66.7 Å². The summed E-state index contributed by atoms with van der Waals surface area (Å²) in [7, 11) is 0. The lowest BCUT2D eigenvalue weighted by molar-refractivity contribution is -0.137. The van der Waals surface area contributed by atoms with E-state index in [9.17, 15) is 27.9 Å². The third kappa shape index (κ3) is 5.57. The third-order valence-electron chi connectivity index (χ3n) is 4.54. The number of phenolic OH excluding ortho intramolecular Hbond substituents is 1. The summed E-state index contributed by atoms with van der Waals surface area (Å²) in [6.07, 6.45) is -4.49. The van der Waals surface area contributed by atoms with Crippen molar-refractivity contribution in [2.24, 2.45) is 0 Å². The summed E-state index contributed by atoms with van der Waals surface area (Å²) < 4.78 is 43.6. The molecule has 0 radical (unpaired) electrons. The van der Waals surface area contributed by atoms with E-state index in [0.717, 1.165) is 24.3 Å². The van der Waals surface area contributed by atoms with Gasteiger partial charge >= 0.3 is 6.18 Å². The van der Waals surface area contributed by atoms with Crippen molar-refractivity contribution in [3.05, 3.63) is 83.4 Å². The summed E-state index contributed by atoms with van der Waals surface area (Å²) in [6.45, 7) is 0.0575. The van der Waals surface area contributed by atoms with Crippen molar-refractivity contribution < 1.29 is 32.6 Å². The molecule has 3 aromatic rings. The van der Waals surface area contributed by atoms with Crippen molar-refractivity contribution in [3.8, 4) is 17.2 Å². The molecule has 3 rings (SSSR count). The predicted octanol–water partition coefficient (Wildman–Crippen LogP) is 4.79. The van der Waals surface area contributed by atoms with Gasteiger partial charge in [-0.1, -0.05) is 6.07 Å². The zero-order valence-corrected chi connectivity index (χ0v) is 16.6. The number of rotatable bonds is 7. The van der Waals surface area contributed by atoms with E-state index in [1.54, 1.807) is 0 Å². The minimum absolute atomic E-state index is 0.0300. The molecule has 0 saturated heterocycles. The third-order valence-corrected chi connectivity index (χ3v) is 4.54. The van der Waals surface area contributed by atoms with Gasteiger partial charge in [-0.15, -0.1) is 0 Å². The Labute approximate surface area is 181 Å². The topological polar surface area (TPSA) is 102 Å². The van der Waals surface area contributed by atoms with Crippen LogP contribution in [0.25, 0.3) is 0 Å². The second kappa shape index (κ2) is 9.42. The molecule has 4 N–H and O–H groups in total. The number of nitrogens with two attached hydrogens (primary N) is 1. The van der Waals surface area contributed by atoms with E-state index in [0.29, 0.717) is 5.56 Å². The lowest BCUT2D eigenvalue weighted by Gasteiger charge is -2.13. The van der Waals surface area contributed by atoms with Crippen LogP contribution in [-0.4, -0.2) is 23.3 Å². The number of para-hydroxylation sites is 1. The highest BCUT2D eigenvalue weighted by molar-refractivity contribution is 6.02. The van der Waals surface area contributed by atoms with Crippen LogP contribution >= 0.6 is 0 Å². The van der Waals surface area contributed by atoms with Gasteiger partial charge in [0, 0.05) is 24.1 Å². The van der Waals surface area contributed by atoms with Crippen molar-refractivity contribution in [3.63, 3.8) is 0 Å². The second-order valence-corrected chi connectivity index (χ2v) is 6.82. The smallest absolute Gasteiger partial charge is 0.416 e. The molecule has 0 aromatic heterocycles. The predicted molar refractivity (Wildman–Crippen MR) is 112 cm³/mol. The molecule has 6 nitrogen and oxygen atoms in total. The van der Waals surface area contributed by atoms with E-state index < -0.39 is 17.6 Å². The minimum Gasteiger partial charge on any atom is -0.508 e. The molecule has 0 aliphatic carbocycles. The highest BCUT2D eigenvalue weighted by atomic mass is 19.4. The molecule has 32 heavy (non-hydrogen) atoms. The van der Waals surface area contributed by atoms with E-state index >= 15 is 0 Å². The molecule has 0 bridgehead atoms. The zero-order valence-electron chi connectivity index (χ0n) is 16.6. The number of hydrogen-bond donors (Lipinski definition) is 3. The Morgan fingerprint density at radius 3 is 2.25 bits per heavy atom. The summed E-state index contributed by atoms with van der Waals surface area (Å²) in [6, 6.07) is 14.3. The summed E-state index contributed by atoms with van der Waals surface area (Å²) in [5.41, 5.74) is 5.77. The van der Waals surface area contributed by atoms with Gasteiger partial charge in [0.25, 0.3) is 5.91 Å². The van der Waals surface area contributed by atoms with Crippen molar-refractivity contribution in [1.29, 1.82) is 0 Å². The minimum atomic E-state index is -4.46. The van der Waals surface area contributed by atoms with Gasteiger partial charge in [-0.2, -0.15) is 13.2 Å². The number of halogens is 3. The molecule has 166 valence electrons. The monoisotopic (exact) mass is 444 g/mol. The molecule has 0 saturated carbocycles. The van der Waals surface area contributed by atoms with E-state index in [1.165, 1.54) is 42.5 Å². The average Bonchev–Trinajstić information content (AvgIpc) is 2.75. The quantitative estimate of drug-likeness (QED) is 0.359. The van der Waals surface area contributed by atoms with Crippen LogP contribution in [0, 0.1) is 0 Å². The van der Waals surface area contributed by atoms with Crippen LogP contribution in [0.1, 0.15) is 32.7 Å². The number of ketones is 1. The van der Waals surface area contributed by atoms with Gasteiger partial charge in [0.15, 0.2) is 11.5 Å². The highest BCUT2D eigenvalue weighted by Crippen LogP contribution is 2.33. The zero-order chi connectivity index (χ0) is 23.3. The van der Waals surface area contributed by atoms with Gasteiger partial charge in [0.2, 0.25) is 0 Å². The molecule has 0 aliphatic rings. The van der Waals surface area contributed by atoms with E-state index in [-0.39, 0.29) is 47.2 Å². The fourth-order valence-corrected chi connectivity index (χ4v) is 2.85. The number of anilines is 1. The van der Waals surface area contributed by atoms with Gasteiger partial charge in [0.1, 0.15) is 11.5 Å². The number of nitrogens with one attached hydrogen (secondary N) is 1. The molecule has 0 spiro atoms. The van der Waals surface area contributed by atoms with Gasteiger partial charge < -0.3 is 20.9 Å². The Morgan fingerprint density at radius 2 is 1.62 bits per heavy atom. The summed E-state index contributed by atoms with van der Waals surface area (Å²) in [5, 5.41) is 11.9. The Balaban J connectivity index is 1.62. The maximum atomic E-state index is 12.7. The van der Waals surface area contributed by atoms with Gasteiger partial charge in [-0.05, 0) is 60.7 Å². The number of alkyl halides is 3. The number of phenols is 1. The Hall–Kier alpha value is -4.01. The highest BCUT2D eigenvalue weighted by Gasteiger charge is 2.30. The lowest BCUT2D eigenvalue weighted by Crippen LogP contribution is -2.26. The summed E-state index contributed by atoms with van der Waals surface area (Å²) in [4.78, 5) is 24.6. The fraction of sp³-hybridized carbons (Fsp3) is 0.130. The first-order chi connectivity index (χ1) is 15.1. The normalized spacial score (nSPS) is 11.1. The molecule has 0 aliphatic heterocycles. The number of Topliss-reactive ketones (excluding diaryl/α,β-unsaturated/α-hetero) is 1. The Kier molecular flexibility index (Phi) is 6.67. The molecule has 0 heterocycles. The molecule has 0 fully saturated rings. The molecule has 9 heteroatoms. The van der Waals surface area contributed by atoms with Crippen molar-refractivity contribution in [2.75, 3.05) is 12.3 Å². The number of nitrogen functional groups attached to an aromatic ring is 1. The van der Waals surface area contributed by atoms with Crippen molar-refractivity contribution in [2.45, 2.75) is 12.6 Å². The molecular formula is C23H19F3N2O4. The number of benzene rings is 3. The summed E-state index contributed by atoms with van der Waals surface area (Å²) in [5.74, 6) is -0.443. The van der Waals surface area contributed by atoms with Gasteiger partial charge in [0.05, 0.1) is 11.3 Å². The van der Waals surface area contributed by atoms with Crippen LogP contribution in [0.2, 0.25) is 0 Å². The van der Waals surface area contributed by atoms with Gasteiger partial charge in [-0.25, -0.2) is 0 Å². The Bertz CT molecular complexity index is 1110. The molecule has 3 aromatic carbocycles. The maximum absolute atomic E-state index is 12.7. The van der Waals surface area contributed by atoms with Crippen molar-refractivity contribution >= 4 is 17.4 Å². The van der Waals surface area contributed by atoms with E-state index in [2.05, 4.69) is 5.32 Å². The first kappa shape index (κ1) is 22.7. The van der Waals surface area contributed by atoms with Crippen LogP contribution < -0.4 is 15.8 Å². The van der Waals surface area contributed by atoms with E-state index in [1.807, 2.05) is 0 Å². The number of aromatic hydroxyl groups is 1.